The largest absolute Gasteiger partial charge is 0.311 e. The molecule has 0 N–H and O–H groups in total. The molecule has 0 saturated carbocycles. The number of hydrogen-bond donors (Lipinski definition) is 0. The summed E-state index contributed by atoms with van der Waals surface area (Å²) >= 11 is 0. The second kappa shape index (κ2) is 16.8. The topological polar surface area (TPSA) is 31.2 Å². The summed E-state index contributed by atoms with van der Waals surface area (Å²) in [6, 6.07) is 81.3. The van der Waals surface area contributed by atoms with E-state index in [0.29, 0.717) is 0 Å². The maximum atomic E-state index is 5.61. The molecule has 0 heterocycles. The Hall–Kier alpha value is -7.82. The van der Waals surface area contributed by atoms with Crippen molar-refractivity contribution in [2.75, 3.05) is 9.80 Å². The Morgan fingerprint density at radius 1 is 0.281 bits per heavy atom. The number of hydrogen-bond acceptors (Lipinski definition) is 4. The van der Waals surface area contributed by atoms with Crippen LogP contribution in [-0.2, 0) is 0 Å². The number of benzene rings is 8. The molecule has 0 saturated heterocycles. The summed E-state index contributed by atoms with van der Waals surface area (Å²) in [5.74, 6) is 0. The molecule has 0 aromatic heterocycles. The molecule has 4 nitrogen and oxygen atoms in total. The molecule has 310 valence electrons. The van der Waals surface area contributed by atoms with E-state index in [1.54, 1.807) is 0 Å². The zero-order chi connectivity index (χ0) is 43.7. The summed E-state index contributed by atoms with van der Waals surface area (Å²) in [5.41, 5.74) is 16.6. The fourth-order valence-electron chi connectivity index (χ4n) is 9.63. The Balaban J connectivity index is 1.19. The van der Waals surface area contributed by atoms with Gasteiger partial charge in [0.2, 0.25) is 0 Å². The van der Waals surface area contributed by atoms with E-state index < -0.39 is 10.8 Å². The van der Waals surface area contributed by atoms with E-state index in [-0.39, 0.29) is 0 Å². The highest BCUT2D eigenvalue weighted by molar-refractivity contribution is 6.40. The number of allylic oxidation sites excluding steroid dienone is 4. The van der Waals surface area contributed by atoms with Gasteiger partial charge in [0.05, 0.1) is 22.8 Å². The smallest absolute Gasteiger partial charge is 0.0633 e. The van der Waals surface area contributed by atoms with Crippen LogP contribution in [0.4, 0.5) is 45.5 Å². The molecule has 10 rings (SSSR count). The quantitative estimate of drug-likeness (QED) is 0.138. The molecule has 64 heavy (non-hydrogen) atoms. The van der Waals surface area contributed by atoms with Gasteiger partial charge in [-0.1, -0.05) is 161 Å². The van der Waals surface area contributed by atoms with Crippen molar-refractivity contribution in [1.82, 2.24) is 0 Å². The van der Waals surface area contributed by atoms with Crippen LogP contribution < -0.4 is 9.80 Å². The van der Waals surface area contributed by atoms with E-state index in [0.717, 1.165) is 68.0 Å². The molecular weight excluding hydrogens is 777 g/mol. The number of aliphatic imine (C=N–C) groups is 2. The van der Waals surface area contributed by atoms with Crippen LogP contribution in [0.2, 0.25) is 0 Å². The van der Waals surface area contributed by atoms with E-state index in [2.05, 4.69) is 268 Å². The summed E-state index contributed by atoms with van der Waals surface area (Å²) in [4.78, 5) is 15.8. The first-order valence-corrected chi connectivity index (χ1v) is 22.1. The van der Waals surface area contributed by atoms with Crippen molar-refractivity contribution >= 4 is 68.1 Å². The molecule has 0 unspecified atom stereocenters. The molecule has 0 bridgehead atoms. The predicted octanol–water partition coefficient (Wildman–Crippen LogP) is 16.5. The lowest BCUT2D eigenvalue weighted by atomic mass is 9.73. The van der Waals surface area contributed by atoms with Crippen molar-refractivity contribution in [3.05, 3.63) is 253 Å². The highest BCUT2D eigenvalue weighted by atomic mass is 15.1. The highest BCUT2D eigenvalue weighted by Gasteiger charge is 2.54. The Morgan fingerprint density at radius 2 is 0.516 bits per heavy atom. The van der Waals surface area contributed by atoms with Crippen molar-refractivity contribution in [3.63, 3.8) is 0 Å². The van der Waals surface area contributed by atoms with Crippen LogP contribution in [0, 0.1) is 10.8 Å². The lowest BCUT2D eigenvalue weighted by molar-refractivity contribution is 0.694. The average Bonchev–Trinajstić information content (AvgIpc) is 3.68. The molecule has 4 heteroatoms. The molecule has 2 aliphatic rings. The zero-order valence-corrected chi connectivity index (χ0v) is 36.7. The van der Waals surface area contributed by atoms with Crippen LogP contribution in [0.25, 0.3) is 11.1 Å². The first-order chi connectivity index (χ1) is 31.3. The van der Waals surface area contributed by atoms with Gasteiger partial charge < -0.3 is 9.80 Å². The molecule has 0 spiro atoms. The van der Waals surface area contributed by atoms with Gasteiger partial charge in [0, 0.05) is 56.1 Å². The SMILES string of the molecule is CC1(C)C(=Nc2ccccc2)C2=C(c3ccc(N(c4ccccc4)c4ccccc4)cc3)C(C)(C)C(=Nc3ccccc3)C2=C1c1ccc(N(c2ccccc2)c2ccccc2)cc1. The summed E-state index contributed by atoms with van der Waals surface area (Å²) in [5, 5.41) is 0. The van der Waals surface area contributed by atoms with Crippen molar-refractivity contribution < 1.29 is 0 Å². The summed E-state index contributed by atoms with van der Waals surface area (Å²) < 4.78 is 0. The number of fused-ring (bicyclic) bond motifs is 1. The van der Waals surface area contributed by atoms with Gasteiger partial charge >= 0.3 is 0 Å². The molecule has 0 amide bonds. The van der Waals surface area contributed by atoms with Crippen molar-refractivity contribution in [2.24, 2.45) is 20.8 Å². The summed E-state index contributed by atoms with van der Waals surface area (Å²) in [6.07, 6.45) is 0. The van der Waals surface area contributed by atoms with E-state index in [1.165, 1.54) is 22.3 Å². The minimum absolute atomic E-state index is 0.489. The molecule has 0 atom stereocenters. The monoisotopic (exact) mass is 826 g/mol. The number of anilines is 6. The molecule has 0 radical (unpaired) electrons. The predicted molar refractivity (Wildman–Crippen MR) is 271 cm³/mol. The Labute approximate surface area is 377 Å². The normalized spacial score (nSPS) is 16.3. The van der Waals surface area contributed by atoms with Gasteiger partial charge in [0.15, 0.2) is 0 Å². The fourth-order valence-corrected chi connectivity index (χ4v) is 9.63. The van der Waals surface area contributed by atoms with Crippen LogP contribution in [0.1, 0.15) is 38.8 Å². The van der Waals surface area contributed by atoms with E-state index in [1.807, 2.05) is 0 Å². The third kappa shape index (κ3) is 7.37. The first kappa shape index (κ1) is 40.3. The molecular formula is C60H50N4. The van der Waals surface area contributed by atoms with Gasteiger partial charge in [-0.05, 0) is 119 Å². The summed E-state index contributed by atoms with van der Waals surface area (Å²) in [6.45, 7) is 9.34. The van der Waals surface area contributed by atoms with Gasteiger partial charge in [-0.2, -0.15) is 0 Å². The van der Waals surface area contributed by atoms with Gasteiger partial charge in [-0.3, -0.25) is 9.98 Å². The van der Waals surface area contributed by atoms with Crippen molar-refractivity contribution in [1.29, 1.82) is 0 Å². The molecule has 0 fully saturated rings. The van der Waals surface area contributed by atoms with E-state index in [4.69, 9.17) is 9.98 Å². The minimum atomic E-state index is -0.489. The van der Waals surface area contributed by atoms with Gasteiger partial charge in [0.1, 0.15) is 0 Å². The summed E-state index contributed by atoms with van der Waals surface area (Å²) in [7, 11) is 0. The van der Waals surface area contributed by atoms with Gasteiger partial charge in [0.25, 0.3) is 0 Å². The first-order valence-electron chi connectivity index (χ1n) is 22.1. The third-order valence-corrected chi connectivity index (χ3v) is 12.5. The molecule has 2 aliphatic carbocycles. The van der Waals surface area contributed by atoms with Gasteiger partial charge in [-0.25, -0.2) is 0 Å². The van der Waals surface area contributed by atoms with Crippen LogP contribution in [0.3, 0.4) is 0 Å². The van der Waals surface area contributed by atoms with Crippen molar-refractivity contribution in [2.45, 2.75) is 27.7 Å². The van der Waals surface area contributed by atoms with Crippen LogP contribution in [-0.4, -0.2) is 11.4 Å². The molecule has 0 aliphatic heterocycles. The Bertz CT molecular complexity index is 2730. The van der Waals surface area contributed by atoms with Crippen LogP contribution in [0.5, 0.6) is 0 Å². The highest BCUT2D eigenvalue weighted by Crippen LogP contribution is 2.61. The minimum Gasteiger partial charge on any atom is -0.311 e. The maximum absolute atomic E-state index is 5.61. The number of nitrogens with zero attached hydrogens (tertiary/aromatic N) is 4. The number of rotatable bonds is 10. The Morgan fingerprint density at radius 3 is 0.781 bits per heavy atom. The van der Waals surface area contributed by atoms with E-state index >= 15 is 0 Å². The lowest BCUT2D eigenvalue weighted by Crippen LogP contribution is -2.26. The van der Waals surface area contributed by atoms with Crippen LogP contribution in [0.15, 0.2) is 252 Å². The lowest BCUT2D eigenvalue weighted by Gasteiger charge is -2.31. The standard InChI is InChI=1S/C60H50N4/c1-59(2)55(43-35-39-51(40-36-43)63(47-27-15-7-16-28-47)48-29-17-8-18-30-48)53-54(57(59)61-45-23-11-5-12-24-45)56(60(3,4)58(53)62-46-25-13-6-14-26-46)44-37-41-52(42-38-44)64(49-31-19-9-20-32-49)50-33-21-10-22-34-50/h5-42H,1-4H3. The maximum Gasteiger partial charge on any atom is 0.0633 e. The second-order valence-electron chi connectivity index (χ2n) is 17.4. The second-order valence-corrected chi connectivity index (χ2v) is 17.4. The van der Waals surface area contributed by atoms with Crippen molar-refractivity contribution in [3.8, 4) is 0 Å². The molecule has 8 aromatic rings. The zero-order valence-electron chi connectivity index (χ0n) is 36.7. The van der Waals surface area contributed by atoms with E-state index in [9.17, 15) is 0 Å². The molecule has 8 aromatic carbocycles. The van der Waals surface area contributed by atoms with Crippen LogP contribution >= 0.6 is 0 Å². The Kier molecular flexibility index (Phi) is 10.6. The third-order valence-electron chi connectivity index (χ3n) is 12.5. The van der Waals surface area contributed by atoms with Gasteiger partial charge in [-0.15, -0.1) is 0 Å². The average molecular weight is 827 g/mol. The number of para-hydroxylation sites is 6. The fraction of sp³-hybridized carbons (Fsp3) is 0.100.